The molecule has 0 bridgehead atoms. The third-order valence-corrected chi connectivity index (χ3v) is 4.05. The Bertz CT molecular complexity index is 528. The van der Waals surface area contributed by atoms with E-state index < -0.39 is 10.4 Å². The molecule has 0 aromatic rings. The first-order chi connectivity index (χ1) is 18.3. The lowest BCUT2D eigenvalue weighted by Crippen LogP contribution is -2.15. The lowest BCUT2D eigenvalue weighted by atomic mass is 10.1. The van der Waals surface area contributed by atoms with Crippen LogP contribution in [-0.2, 0) is 53.0 Å². The van der Waals surface area contributed by atoms with Gasteiger partial charge in [0.25, 0.3) is 0 Å². The summed E-state index contributed by atoms with van der Waals surface area (Å²) in [4.78, 5) is 0. The highest BCUT2D eigenvalue weighted by Crippen LogP contribution is 1.98. The quantitative estimate of drug-likeness (QED) is 0.0821. The fraction of sp³-hybridized carbons (Fsp3) is 1.00. The lowest BCUT2D eigenvalue weighted by molar-refractivity contribution is -0.0256. The van der Waals surface area contributed by atoms with Crippen LogP contribution in [0.5, 0.6) is 0 Å². The minimum atomic E-state index is -4.67. The maximum atomic E-state index is 8.74. The molecule has 15 heteroatoms. The summed E-state index contributed by atoms with van der Waals surface area (Å²) in [5, 5.41) is 8.55. The summed E-state index contributed by atoms with van der Waals surface area (Å²) in [7, 11) is -4.67. The molecule has 0 heterocycles. The molecule has 232 valence electrons. The van der Waals surface area contributed by atoms with Gasteiger partial charge >= 0.3 is 10.4 Å². The molecule has 0 aliphatic rings. The summed E-state index contributed by atoms with van der Waals surface area (Å²) in [5.41, 5.74) is 0. The molecule has 0 amide bonds. The van der Waals surface area contributed by atoms with Crippen LogP contribution in [-0.4, -0.2) is 148 Å². The second kappa shape index (κ2) is 32.7. The molecule has 0 fully saturated rings. The van der Waals surface area contributed by atoms with Gasteiger partial charge in [-0.15, -0.1) is 0 Å². The first kappa shape index (κ1) is 39.6. The highest BCUT2D eigenvalue weighted by molar-refractivity contribution is 7.79. The van der Waals surface area contributed by atoms with E-state index in [1.807, 2.05) is 0 Å². The largest absolute Gasteiger partial charge is 0.394 e. The van der Waals surface area contributed by atoms with E-state index in [9.17, 15) is 0 Å². The molecule has 0 saturated carbocycles. The van der Waals surface area contributed by atoms with Crippen LogP contribution < -0.4 is 0 Å². The fourth-order valence-corrected chi connectivity index (χ4v) is 2.24. The molecule has 38 heavy (non-hydrogen) atoms. The molecule has 0 aromatic carbocycles. The van der Waals surface area contributed by atoms with Gasteiger partial charge in [-0.05, 0) is 12.3 Å². The van der Waals surface area contributed by atoms with Crippen LogP contribution in [0.2, 0.25) is 0 Å². The van der Waals surface area contributed by atoms with Crippen molar-refractivity contribution in [3.63, 3.8) is 0 Å². The lowest BCUT2D eigenvalue weighted by Gasteiger charge is -2.09. The van der Waals surface area contributed by atoms with Gasteiger partial charge in [0.1, 0.15) is 0 Å². The van der Waals surface area contributed by atoms with Gasteiger partial charge in [-0.3, -0.25) is 9.11 Å². The van der Waals surface area contributed by atoms with Crippen LogP contribution in [0.25, 0.3) is 0 Å². The molecule has 0 saturated heterocycles. The van der Waals surface area contributed by atoms with Crippen molar-refractivity contribution in [2.45, 2.75) is 20.3 Å². The second-order valence-corrected chi connectivity index (χ2v) is 8.76. The Hall–Kier alpha value is -0.530. The number of hydrogen-bond donors (Lipinski definition) is 3. The summed E-state index contributed by atoms with van der Waals surface area (Å²) >= 11 is 0. The van der Waals surface area contributed by atoms with Crippen molar-refractivity contribution in [3.05, 3.63) is 0 Å². The molecular weight excluding hydrogens is 532 g/mol. The highest BCUT2D eigenvalue weighted by atomic mass is 32.3. The number of hydrogen-bond acceptors (Lipinski definition) is 12. The predicted octanol–water partition coefficient (Wildman–Crippen LogP) is 0.521. The molecule has 14 nitrogen and oxygen atoms in total. The third-order valence-electron chi connectivity index (χ3n) is 4.05. The maximum absolute atomic E-state index is 8.74. The van der Waals surface area contributed by atoms with Crippen molar-refractivity contribution in [2.75, 3.05) is 126 Å². The van der Waals surface area contributed by atoms with Gasteiger partial charge in [0.15, 0.2) is 0 Å². The van der Waals surface area contributed by atoms with Crippen molar-refractivity contribution in [3.8, 4) is 0 Å². The molecule has 0 radical (unpaired) electrons. The number of rotatable bonds is 29. The van der Waals surface area contributed by atoms with Gasteiger partial charge in [-0.25, -0.2) is 0 Å². The predicted molar refractivity (Wildman–Crippen MR) is 138 cm³/mol. The molecule has 0 aromatic heterocycles. The monoisotopic (exact) mass is 582 g/mol. The van der Waals surface area contributed by atoms with E-state index in [1.54, 1.807) is 0 Å². The van der Waals surface area contributed by atoms with E-state index in [1.165, 1.54) is 0 Å². The number of aliphatic hydroxyl groups excluding tert-OH is 1. The Balaban J connectivity index is 0. The normalized spacial score (nSPS) is 11.6. The Kier molecular flexibility index (Phi) is 34.1. The van der Waals surface area contributed by atoms with E-state index in [4.69, 9.17) is 65.3 Å². The molecular formula is C23H50O14S. The SMILES string of the molecule is CC(C)CCOCCOCCOCCOCCOCCOCCOCCOCCOCCO.O=S(=O)(O)O. The topological polar surface area (TPSA) is 178 Å². The third kappa shape index (κ3) is 48.5. The van der Waals surface area contributed by atoms with Crippen molar-refractivity contribution >= 4 is 10.4 Å². The number of aliphatic hydroxyl groups is 1. The molecule has 0 rings (SSSR count). The van der Waals surface area contributed by atoms with Gasteiger partial charge < -0.3 is 47.7 Å². The van der Waals surface area contributed by atoms with Crippen molar-refractivity contribution in [1.82, 2.24) is 0 Å². The Morgan fingerprint density at radius 2 is 0.632 bits per heavy atom. The van der Waals surface area contributed by atoms with Gasteiger partial charge in [0, 0.05) is 6.61 Å². The molecule has 0 aliphatic heterocycles. The average Bonchev–Trinajstić information content (AvgIpc) is 2.84. The van der Waals surface area contributed by atoms with E-state index in [0.717, 1.165) is 13.0 Å². The molecule has 0 aliphatic carbocycles. The zero-order valence-electron chi connectivity index (χ0n) is 23.0. The maximum Gasteiger partial charge on any atom is 0.394 e. The minimum Gasteiger partial charge on any atom is -0.394 e. The summed E-state index contributed by atoms with van der Waals surface area (Å²) in [6, 6.07) is 0. The number of ether oxygens (including phenoxy) is 9. The Morgan fingerprint density at radius 3 is 0.816 bits per heavy atom. The first-order valence-electron chi connectivity index (χ1n) is 12.8. The van der Waals surface area contributed by atoms with Crippen LogP contribution in [0.1, 0.15) is 20.3 Å². The minimum absolute atomic E-state index is 0.0320. The van der Waals surface area contributed by atoms with Crippen LogP contribution in [0, 0.1) is 5.92 Å². The molecule has 0 spiro atoms. The van der Waals surface area contributed by atoms with E-state index in [2.05, 4.69) is 13.8 Å². The van der Waals surface area contributed by atoms with Gasteiger partial charge in [-0.2, -0.15) is 8.42 Å². The standard InChI is InChI=1S/C23H48O10.H2O4S/c1-23(2)3-5-25-7-9-27-11-13-29-15-17-31-19-21-33-22-20-32-18-16-30-14-12-28-10-8-26-6-4-24;1-5(2,3)4/h23-24H,3-22H2,1-2H3;(H2,1,2,3,4). The Labute approximate surface area is 227 Å². The molecule has 3 N–H and O–H groups in total. The van der Waals surface area contributed by atoms with E-state index in [0.29, 0.717) is 118 Å². The summed E-state index contributed by atoms with van der Waals surface area (Å²) in [5.74, 6) is 0.672. The van der Waals surface area contributed by atoms with Gasteiger partial charge in [0.05, 0.1) is 119 Å². The zero-order chi connectivity index (χ0) is 28.6. The summed E-state index contributed by atoms with van der Waals surface area (Å²) < 4.78 is 80.0. The van der Waals surface area contributed by atoms with Crippen LogP contribution in [0.15, 0.2) is 0 Å². The highest BCUT2D eigenvalue weighted by Gasteiger charge is 1.96. The molecule has 0 atom stereocenters. The Morgan fingerprint density at radius 1 is 0.447 bits per heavy atom. The van der Waals surface area contributed by atoms with Crippen molar-refractivity contribution in [2.24, 2.45) is 5.92 Å². The fourth-order valence-electron chi connectivity index (χ4n) is 2.24. The van der Waals surface area contributed by atoms with Crippen LogP contribution >= 0.6 is 0 Å². The average molecular weight is 583 g/mol. The van der Waals surface area contributed by atoms with Crippen LogP contribution in [0.3, 0.4) is 0 Å². The smallest absolute Gasteiger partial charge is 0.394 e. The van der Waals surface area contributed by atoms with Crippen molar-refractivity contribution in [1.29, 1.82) is 0 Å². The summed E-state index contributed by atoms with van der Waals surface area (Å²) in [6.07, 6.45) is 1.08. The zero-order valence-corrected chi connectivity index (χ0v) is 23.8. The van der Waals surface area contributed by atoms with E-state index in [-0.39, 0.29) is 6.61 Å². The van der Waals surface area contributed by atoms with Crippen molar-refractivity contribution < 1.29 is 65.3 Å². The van der Waals surface area contributed by atoms with Gasteiger partial charge in [0.2, 0.25) is 0 Å². The van der Waals surface area contributed by atoms with Gasteiger partial charge in [-0.1, -0.05) is 13.8 Å². The summed E-state index contributed by atoms with van der Waals surface area (Å²) in [6.45, 7) is 14.1. The van der Waals surface area contributed by atoms with E-state index >= 15 is 0 Å². The second-order valence-electron chi connectivity index (χ2n) is 7.87. The first-order valence-corrected chi connectivity index (χ1v) is 14.2. The van der Waals surface area contributed by atoms with Crippen LogP contribution in [0.4, 0.5) is 0 Å². The molecule has 0 unspecified atom stereocenters.